The largest absolute Gasteiger partial charge is 0.307 e. The third kappa shape index (κ3) is 3.46. The molecule has 0 aromatic heterocycles. The molecular formula is C20H22N4+2. The Morgan fingerprint density at radius 2 is 0.958 bits per heavy atom. The maximum absolute atomic E-state index is 9.60. The van der Waals surface area contributed by atoms with Gasteiger partial charge in [0.25, 0.3) is 0 Å². The van der Waals surface area contributed by atoms with Gasteiger partial charge < -0.3 is 9.80 Å². The smallest absolute Gasteiger partial charge is 0.201 e. The van der Waals surface area contributed by atoms with Crippen LogP contribution in [0.3, 0.4) is 0 Å². The molecule has 1 aliphatic heterocycles. The molecule has 3 rings (SSSR count). The second-order valence-electron chi connectivity index (χ2n) is 6.26. The van der Waals surface area contributed by atoms with E-state index in [4.69, 9.17) is 0 Å². The monoisotopic (exact) mass is 318 g/mol. The molecule has 0 spiro atoms. The first kappa shape index (κ1) is 16.2. The third-order valence-electron chi connectivity index (χ3n) is 4.87. The number of benzene rings is 2. The van der Waals surface area contributed by atoms with E-state index in [0.717, 1.165) is 37.3 Å². The van der Waals surface area contributed by atoms with E-state index in [1.807, 2.05) is 60.7 Å². The van der Waals surface area contributed by atoms with E-state index < -0.39 is 0 Å². The van der Waals surface area contributed by atoms with Gasteiger partial charge in [-0.05, 0) is 0 Å². The van der Waals surface area contributed by atoms with E-state index in [2.05, 4.69) is 12.1 Å². The molecule has 120 valence electrons. The van der Waals surface area contributed by atoms with Crippen LogP contribution in [-0.4, -0.2) is 26.2 Å². The zero-order chi connectivity index (χ0) is 16.8. The molecule has 2 aromatic carbocycles. The van der Waals surface area contributed by atoms with Crippen LogP contribution in [-0.2, 0) is 0 Å². The summed E-state index contributed by atoms with van der Waals surface area (Å²) >= 11 is 0. The summed E-state index contributed by atoms with van der Waals surface area (Å²) < 4.78 is 0. The average Bonchev–Trinajstić information content (AvgIpc) is 2.66. The Bertz CT molecular complexity index is 656. The number of piperazine rings is 1. The van der Waals surface area contributed by atoms with Gasteiger partial charge in [-0.3, -0.25) is 0 Å². The fraction of sp³-hybridized carbons (Fsp3) is 0.300. The first-order valence-electron chi connectivity index (χ1n) is 8.41. The Morgan fingerprint density at radius 3 is 1.25 bits per heavy atom. The van der Waals surface area contributed by atoms with Crippen molar-refractivity contribution >= 4 is 0 Å². The van der Waals surface area contributed by atoms with Crippen LogP contribution in [0, 0.1) is 22.7 Å². The number of quaternary nitrogens is 2. The molecule has 1 fully saturated rings. The SMILES string of the molecule is N#C[C@H](c1ccccc1)[NH+]1CC[NH+]([C@@H](C#N)c2ccccc2)CC1. The summed E-state index contributed by atoms with van der Waals surface area (Å²) in [6.07, 6.45) is 0. The molecular weight excluding hydrogens is 296 g/mol. The number of hydrogen-bond donors (Lipinski definition) is 2. The number of rotatable bonds is 4. The number of nitriles is 2. The van der Waals surface area contributed by atoms with Crippen LogP contribution in [0.5, 0.6) is 0 Å². The van der Waals surface area contributed by atoms with Crippen molar-refractivity contribution in [2.75, 3.05) is 26.2 Å². The molecule has 1 heterocycles. The van der Waals surface area contributed by atoms with Crippen LogP contribution in [0.15, 0.2) is 60.7 Å². The van der Waals surface area contributed by atoms with Gasteiger partial charge in [-0.15, -0.1) is 0 Å². The highest BCUT2D eigenvalue weighted by Crippen LogP contribution is 2.09. The van der Waals surface area contributed by atoms with Gasteiger partial charge in [0.1, 0.15) is 38.3 Å². The molecule has 0 radical (unpaired) electrons. The molecule has 2 N–H and O–H groups in total. The molecule has 2 aromatic rings. The van der Waals surface area contributed by atoms with Crippen molar-refractivity contribution in [2.45, 2.75) is 12.1 Å². The Labute approximate surface area is 143 Å². The van der Waals surface area contributed by atoms with E-state index in [9.17, 15) is 10.5 Å². The zero-order valence-electron chi connectivity index (χ0n) is 13.7. The fourth-order valence-corrected chi connectivity index (χ4v) is 3.56. The van der Waals surface area contributed by atoms with Crippen molar-refractivity contribution in [1.29, 1.82) is 10.5 Å². The summed E-state index contributed by atoms with van der Waals surface area (Å²) in [7, 11) is 0. The quantitative estimate of drug-likeness (QED) is 0.852. The van der Waals surface area contributed by atoms with Crippen LogP contribution < -0.4 is 9.80 Å². The van der Waals surface area contributed by atoms with Gasteiger partial charge in [0.15, 0.2) is 0 Å². The van der Waals surface area contributed by atoms with Gasteiger partial charge in [0.2, 0.25) is 12.1 Å². The van der Waals surface area contributed by atoms with Crippen molar-refractivity contribution in [3.8, 4) is 12.1 Å². The topological polar surface area (TPSA) is 56.5 Å². The normalized spacial score (nSPS) is 22.8. The minimum atomic E-state index is -0.120. The van der Waals surface area contributed by atoms with Gasteiger partial charge in [0.05, 0.1) is 0 Å². The highest BCUT2D eigenvalue weighted by atomic mass is 15.3. The Hall–Kier alpha value is -2.66. The first-order chi connectivity index (χ1) is 11.8. The average molecular weight is 318 g/mol. The number of nitrogens with one attached hydrogen (secondary N) is 2. The Kier molecular flexibility index (Phi) is 5.23. The summed E-state index contributed by atoms with van der Waals surface area (Å²) in [5, 5.41) is 19.2. The van der Waals surface area contributed by atoms with E-state index >= 15 is 0 Å². The van der Waals surface area contributed by atoms with E-state index in [1.165, 1.54) is 9.80 Å². The lowest BCUT2D eigenvalue weighted by Crippen LogP contribution is -3.28. The second kappa shape index (κ2) is 7.75. The van der Waals surface area contributed by atoms with Gasteiger partial charge in [-0.1, -0.05) is 60.7 Å². The molecule has 0 unspecified atom stereocenters. The minimum absolute atomic E-state index is 0.120. The molecule has 24 heavy (non-hydrogen) atoms. The van der Waals surface area contributed by atoms with Gasteiger partial charge in [-0.25, -0.2) is 0 Å². The highest BCUT2D eigenvalue weighted by Gasteiger charge is 2.34. The number of nitrogens with zero attached hydrogens (tertiary/aromatic N) is 2. The third-order valence-corrected chi connectivity index (χ3v) is 4.87. The molecule has 0 saturated carbocycles. The Balaban J connectivity index is 1.67. The summed E-state index contributed by atoms with van der Waals surface area (Å²) in [6.45, 7) is 3.64. The summed E-state index contributed by atoms with van der Waals surface area (Å²) in [5.74, 6) is 0. The van der Waals surface area contributed by atoms with Crippen LogP contribution in [0.2, 0.25) is 0 Å². The lowest BCUT2D eigenvalue weighted by atomic mass is 10.0. The second-order valence-corrected chi connectivity index (χ2v) is 6.26. The standard InChI is InChI=1S/C20H20N4/c21-15-19(17-7-3-1-4-8-17)23-11-13-24(14-12-23)20(16-22)18-9-5-2-6-10-18/h1-10,19-20H,11-14H2/p+2/t19-,20+. The lowest BCUT2D eigenvalue weighted by molar-refractivity contribution is -1.03. The molecule has 4 nitrogen and oxygen atoms in total. The summed E-state index contributed by atoms with van der Waals surface area (Å²) in [5.41, 5.74) is 2.16. The minimum Gasteiger partial charge on any atom is -0.307 e. The summed E-state index contributed by atoms with van der Waals surface area (Å²) in [4.78, 5) is 2.61. The van der Waals surface area contributed by atoms with Crippen molar-refractivity contribution in [3.63, 3.8) is 0 Å². The van der Waals surface area contributed by atoms with E-state index in [-0.39, 0.29) is 12.1 Å². The van der Waals surface area contributed by atoms with Crippen molar-refractivity contribution in [2.24, 2.45) is 0 Å². The Morgan fingerprint density at radius 1 is 0.625 bits per heavy atom. The maximum atomic E-state index is 9.60. The first-order valence-corrected chi connectivity index (χ1v) is 8.41. The predicted molar refractivity (Wildman–Crippen MR) is 91.0 cm³/mol. The highest BCUT2D eigenvalue weighted by molar-refractivity contribution is 5.22. The van der Waals surface area contributed by atoms with Crippen LogP contribution in [0.4, 0.5) is 0 Å². The van der Waals surface area contributed by atoms with Crippen LogP contribution in [0.1, 0.15) is 23.2 Å². The molecule has 0 aliphatic carbocycles. The molecule has 2 atom stereocenters. The number of hydrogen-bond acceptors (Lipinski definition) is 2. The van der Waals surface area contributed by atoms with Crippen LogP contribution >= 0.6 is 0 Å². The van der Waals surface area contributed by atoms with Gasteiger partial charge in [-0.2, -0.15) is 10.5 Å². The maximum Gasteiger partial charge on any atom is 0.201 e. The molecule has 1 saturated heterocycles. The van der Waals surface area contributed by atoms with Crippen molar-refractivity contribution in [1.82, 2.24) is 0 Å². The molecule has 1 aliphatic rings. The molecule has 4 heteroatoms. The fourth-order valence-electron chi connectivity index (χ4n) is 3.56. The molecule has 0 bridgehead atoms. The van der Waals surface area contributed by atoms with Crippen LogP contribution in [0.25, 0.3) is 0 Å². The summed E-state index contributed by atoms with van der Waals surface area (Å²) in [6, 6.07) is 24.7. The van der Waals surface area contributed by atoms with Crippen molar-refractivity contribution < 1.29 is 9.80 Å². The lowest BCUT2D eigenvalue weighted by Gasteiger charge is -2.34. The van der Waals surface area contributed by atoms with Gasteiger partial charge >= 0.3 is 0 Å². The van der Waals surface area contributed by atoms with E-state index in [0.29, 0.717) is 0 Å². The zero-order valence-corrected chi connectivity index (χ0v) is 13.7. The van der Waals surface area contributed by atoms with E-state index in [1.54, 1.807) is 0 Å². The predicted octanol–water partition coefficient (Wildman–Crippen LogP) is 0.300. The molecule has 0 amide bonds. The van der Waals surface area contributed by atoms with Gasteiger partial charge in [0, 0.05) is 11.1 Å². The van der Waals surface area contributed by atoms with Crippen molar-refractivity contribution in [3.05, 3.63) is 71.8 Å².